The monoisotopic (exact) mass is 499 g/mol. The second-order valence-electron chi connectivity index (χ2n) is 9.00. The molecule has 4 rings (SSSR count). The first kappa shape index (κ1) is 25.8. The van der Waals surface area contributed by atoms with E-state index in [4.69, 9.17) is 0 Å². The van der Waals surface area contributed by atoms with Crippen LogP contribution < -0.4 is 20.1 Å². The first-order chi connectivity index (χ1) is 17.9. The summed E-state index contributed by atoms with van der Waals surface area (Å²) in [6, 6.07) is 15.7. The van der Waals surface area contributed by atoms with E-state index in [1.165, 1.54) is 0 Å². The van der Waals surface area contributed by atoms with Crippen LogP contribution in [0.5, 0.6) is 0 Å². The highest BCUT2D eigenvalue weighted by Gasteiger charge is 2.24. The van der Waals surface area contributed by atoms with E-state index < -0.39 is 0 Å². The molecule has 0 saturated heterocycles. The van der Waals surface area contributed by atoms with Gasteiger partial charge in [0.05, 0.1) is 25.0 Å². The molecule has 8 heteroatoms. The quantitative estimate of drug-likeness (QED) is 0.277. The summed E-state index contributed by atoms with van der Waals surface area (Å²) in [4.78, 5) is 19.8. The summed E-state index contributed by atoms with van der Waals surface area (Å²) in [7, 11) is 2.02. The molecule has 8 nitrogen and oxygen atoms in total. The number of benzene rings is 2. The third-order valence-electron chi connectivity index (χ3n) is 6.31. The molecule has 0 fully saturated rings. The Morgan fingerprint density at radius 1 is 1.05 bits per heavy atom. The summed E-state index contributed by atoms with van der Waals surface area (Å²) in [6.07, 6.45) is 7.78. The van der Waals surface area contributed by atoms with Gasteiger partial charge in [-0.1, -0.05) is 0 Å². The van der Waals surface area contributed by atoms with Crippen LogP contribution in [0.25, 0.3) is 0 Å². The van der Waals surface area contributed by atoms with Gasteiger partial charge in [0.2, 0.25) is 12.1 Å². The maximum atomic E-state index is 12.9. The van der Waals surface area contributed by atoms with E-state index in [1.807, 2.05) is 61.1 Å². The number of anilines is 3. The number of carbonyl (C=O) groups excluding carboxylic acids is 1. The van der Waals surface area contributed by atoms with Crippen molar-refractivity contribution in [3.8, 4) is 0 Å². The van der Waals surface area contributed by atoms with E-state index in [2.05, 4.69) is 56.7 Å². The first-order valence-corrected chi connectivity index (χ1v) is 12.6. The number of hydrogen-bond acceptors (Lipinski definition) is 6. The Kier molecular flexibility index (Phi) is 8.08. The lowest BCUT2D eigenvalue weighted by Crippen LogP contribution is -2.28. The number of aliphatic imine (C=N–C) groups is 1. The van der Waals surface area contributed by atoms with E-state index in [0.717, 1.165) is 43.2 Å². The molecule has 3 aromatic rings. The number of rotatable bonds is 10. The Morgan fingerprint density at radius 2 is 1.76 bits per heavy atom. The van der Waals surface area contributed by atoms with Gasteiger partial charge in [0, 0.05) is 35.7 Å². The van der Waals surface area contributed by atoms with Gasteiger partial charge in [-0.3, -0.25) is 4.79 Å². The maximum absolute atomic E-state index is 12.9. The van der Waals surface area contributed by atoms with Gasteiger partial charge in [0.15, 0.2) is 0 Å². The van der Waals surface area contributed by atoms with E-state index in [0.29, 0.717) is 17.1 Å². The van der Waals surface area contributed by atoms with Gasteiger partial charge in [0.25, 0.3) is 0 Å². The molecule has 0 bridgehead atoms. The third-order valence-corrected chi connectivity index (χ3v) is 6.31. The molecule has 1 aliphatic rings. The van der Waals surface area contributed by atoms with Crippen LogP contribution >= 0.6 is 0 Å². The molecule has 2 aromatic carbocycles. The fourth-order valence-corrected chi connectivity index (χ4v) is 4.20. The van der Waals surface area contributed by atoms with Gasteiger partial charge >= 0.3 is 0 Å². The number of nitrogens with zero attached hydrogens (tertiary/aromatic N) is 4. The summed E-state index contributed by atoms with van der Waals surface area (Å²) in [6.45, 7) is 9.30. The Hall–Kier alpha value is -4.33. The molecule has 0 saturated carbocycles. The smallest absolute Gasteiger partial charge is 0.243 e. The van der Waals surface area contributed by atoms with Crippen molar-refractivity contribution in [2.45, 2.75) is 27.3 Å². The molecule has 1 aromatic heterocycles. The Morgan fingerprint density at radius 3 is 2.38 bits per heavy atom. The third kappa shape index (κ3) is 6.27. The predicted octanol–water partition coefficient (Wildman–Crippen LogP) is 4.75. The number of imidazole rings is 1. The lowest BCUT2D eigenvalue weighted by molar-refractivity contribution is -0.671. The number of aromatic nitrogens is 2. The highest BCUT2D eigenvalue weighted by Crippen LogP contribution is 2.25. The molecular weight excluding hydrogens is 464 g/mol. The Balaban J connectivity index is 1.48. The van der Waals surface area contributed by atoms with Crippen molar-refractivity contribution < 1.29 is 14.5 Å². The number of hydrogen-bond donors (Lipinski definition) is 3. The molecule has 0 unspecified atom stereocenters. The fourth-order valence-electron chi connectivity index (χ4n) is 4.20. The largest absolute Gasteiger partial charge is 0.505 e. The van der Waals surface area contributed by atoms with Crippen molar-refractivity contribution in [3.63, 3.8) is 0 Å². The second kappa shape index (κ2) is 11.6. The maximum Gasteiger partial charge on any atom is 0.243 e. The number of ketones is 1. The van der Waals surface area contributed by atoms with Crippen LogP contribution in [0.15, 0.2) is 95.3 Å². The van der Waals surface area contributed by atoms with Crippen LogP contribution in [-0.2, 0) is 18.4 Å². The van der Waals surface area contributed by atoms with Crippen LogP contribution in [0.4, 0.5) is 22.7 Å². The van der Waals surface area contributed by atoms with Crippen molar-refractivity contribution in [2.75, 3.05) is 35.2 Å². The number of aliphatic hydroxyl groups is 1. The van der Waals surface area contributed by atoms with Crippen molar-refractivity contribution >= 4 is 34.2 Å². The van der Waals surface area contributed by atoms with Gasteiger partial charge in [-0.05, 0) is 75.4 Å². The minimum atomic E-state index is -0.252. The summed E-state index contributed by atoms with van der Waals surface area (Å²) < 4.78 is 4.20. The number of allylic oxidation sites excluding steroid dienone is 2. The average molecular weight is 500 g/mol. The van der Waals surface area contributed by atoms with E-state index in [-0.39, 0.29) is 17.1 Å². The van der Waals surface area contributed by atoms with Crippen molar-refractivity contribution in [3.05, 3.63) is 90.4 Å². The van der Waals surface area contributed by atoms with Crippen LogP contribution in [0.3, 0.4) is 0 Å². The molecule has 37 heavy (non-hydrogen) atoms. The zero-order valence-corrected chi connectivity index (χ0v) is 21.9. The highest BCUT2D eigenvalue weighted by atomic mass is 16.3. The van der Waals surface area contributed by atoms with Crippen molar-refractivity contribution in [2.24, 2.45) is 12.0 Å². The molecule has 3 N–H and O–H groups in total. The lowest BCUT2D eigenvalue weighted by atomic mass is 9.99. The number of likely N-dealkylation sites (N-methyl/N-ethyl adjacent to an activating group) is 1. The average Bonchev–Trinajstić information content (AvgIpc) is 3.33. The summed E-state index contributed by atoms with van der Waals surface area (Å²) in [5.41, 5.74) is 4.59. The number of nitrogens with one attached hydrogen (secondary N) is 2. The van der Waals surface area contributed by atoms with E-state index in [9.17, 15) is 9.90 Å². The summed E-state index contributed by atoms with van der Waals surface area (Å²) in [5, 5.41) is 17.0. The molecule has 0 amide bonds. The zero-order chi connectivity index (χ0) is 26.4. The molecule has 1 aliphatic carbocycles. The van der Waals surface area contributed by atoms with Crippen LogP contribution in [0.1, 0.15) is 20.8 Å². The normalized spacial score (nSPS) is 14.6. The van der Waals surface area contributed by atoms with Gasteiger partial charge in [0.1, 0.15) is 30.4 Å². The van der Waals surface area contributed by atoms with Gasteiger partial charge in [-0.25, -0.2) is 14.1 Å². The van der Waals surface area contributed by atoms with Gasteiger partial charge < -0.3 is 20.6 Å². The van der Waals surface area contributed by atoms with Gasteiger partial charge in [-0.15, -0.1) is 0 Å². The van der Waals surface area contributed by atoms with Crippen LogP contribution in [0.2, 0.25) is 0 Å². The number of carbonyl (C=O) groups is 1. The van der Waals surface area contributed by atoms with Crippen LogP contribution in [0, 0.1) is 0 Å². The molecule has 0 spiro atoms. The van der Waals surface area contributed by atoms with Gasteiger partial charge in [-0.2, -0.15) is 0 Å². The first-order valence-electron chi connectivity index (χ1n) is 12.6. The fraction of sp³-hybridized carbons (Fsp3) is 0.276. The molecule has 1 heterocycles. The summed E-state index contributed by atoms with van der Waals surface area (Å²) in [5.74, 6) is -0.352. The number of Topliss-reactive ketones (excluding diaryl/α,β-unsaturated/α-hetero) is 1. The molecule has 0 atom stereocenters. The molecule has 0 radical (unpaired) electrons. The van der Waals surface area contributed by atoms with Crippen molar-refractivity contribution in [1.82, 2.24) is 4.57 Å². The number of aliphatic hydroxyl groups excluding tert-OH is 1. The van der Waals surface area contributed by atoms with E-state index in [1.54, 1.807) is 13.0 Å². The topological polar surface area (TPSA) is 85.8 Å². The Labute approximate surface area is 218 Å². The SMILES string of the molecule is CCNc1ccc(/N=C2/C=C(Nc3ccc(N(CC)CCn4cc[n+](C)c4)cc3)C(=O)C(C)=C2O)cc1. The Bertz CT molecular complexity index is 1330. The summed E-state index contributed by atoms with van der Waals surface area (Å²) >= 11 is 0. The molecule has 192 valence electrons. The zero-order valence-electron chi connectivity index (χ0n) is 21.9. The predicted molar refractivity (Wildman–Crippen MR) is 150 cm³/mol. The molecular formula is C29H35N6O2+. The lowest BCUT2D eigenvalue weighted by Gasteiger charge is -2.23. The van der Waals surface area contributed by atoms with Crippen LogP contribution in [-0.4, -0.2) is 40.8 Å². The minimum Gasteiger partial charge on any atom is -0.505 e. The minimum absolute atomic E-state index is 0.100. The second-order valence-corrected chi connectivity index (χ2v) is 9.00. The standard InChI is InChI=1S/C29H34N6O2/c1-5-30-22-7-9-23(10-8-22)31-26-19-27(29(37)21(3)28(26)36)32-24-11-13-25(14-12-24)35(6-2)18-17-34-16-15-33(4)20-34/h7-16,19-20H,5-6,17-18H2,1-4H3,(H2-,30,31,32,36,37)/p+1. The number of aryl methyl sites for hydroxylation is 1. The molecule has 0 aliphatic heterocycles. The highest BCUT2D eigenvalue weighted by molar-refractivity contribution is 6.24. The van der Waals surface area contributed by atoms with Crippen molar-refractivity contribution in [1.29, 1.82) is 0 Å². The van der Waals surface area contributed by atoms with E-state index >= 15 is 0 Å².